The molecule has 2 aromatic heterocycles. The summed E-state index contributed by atoms with van der Waals surface area (Å²) < 4.78 is 13.3. The molecule has 0 radical (unpaired) electrons. The Balaban J connectivity index is 2.87. The quantitative estimate of drug-likeness (QED) is 0.692. The number of aryl methyl sites for hydroxylation is 1. The second-order valence-electron chi connectivity index (χ2n) is 4.75. The summed E-state index contributed by atoms with van der Waals surface area (Å²) in [5.41, 5.74) is 1.06. The van der Waals surface area contributed by atoms with E-state index in [2.05, 4.69) is 29.7 Å². The third-order valence-corrected chi connectivity index (χ3v) is 4.55. The van der Waals surface area contributed by atoms with Gasteiger partial charge in [-0.25, -0.2) is 4.98 Å². The fourth-order valence-corrected chi connectivity index (χ4v) is 3.42. The van der Waals surface area contributed by atoms with E-state index in [1.54, 1.807) is 6.20 Å². The minimum Gasteiger partial charge on any atom is -0.234 e. The minimum absolute atomic E-state index is 0.340. The summed E-state index contributed by atoms with van der Waals surface area (Å²) >= 11 is 0. The van der Waals surface area contributed by atoms with Crippen LogP contribution < -0.4 is 5.19 Å². The predicted molar refractivity (Wildman–Crippen MR) is 61.8 cm³/mol. The molecule has 0 aliphatic carbocycles. The van der Waals surface area contributed by atoms with Crippen LogP contribution in [-0.4, -0.2) is 23.1 Å². The van der Waals surface area contributed by atoms with Crippen LogP contribution >= 0.6 is 0 Å². The van der Waals surface area contributed by atoms with Gasteiger partial charge in [0.05, 0.1) is 13.8 Å². The smallest absolute Gasteiger partial charge is 0.193 e. The maximum atomic E-state index is 13.3. The van der Waals surface area contributed by atoms with Gasteiger partial charge in [0.2, 0.25) is 0 Å². The Morgan fingerprint density at radius 2 is 2.00 bits per heavy atom. The van der Waals surface area contributed by atoms with E-state index in [4.69, 9.17) is 0 Å². The van der Waals surface area contributed by atoms with Crippen molar-refractivity contribution in [1.82, 2.24) is 15.0 Å². The van der Waals surface area contributed by atoms with Gasteiger partial charge in [0, 0.05) is 11.6 Å². The van der Waals surface area contributed by atoms with Gasteiger partial charge < -0.3 is 0 Å². The lowest BCUT2D eigenvalue weighted by atomic mass is 10.3. The van der Waals surface area contributed by atoms with E-state index >= 15 is 0 Å². The van der Waals surface area contributed by atoms with Crippen molar-refractivity contribution in [2.24, 2.45) is 0 Å². The summed E-state index contributed by atoms with van der Waals surface area (Å²) in [4.78, 5) is 4.39. The highest BCUT2D eigenvalue weighted by atomic mass is 28.3. The van der Waals surface area contributed by atoms with Crippen LogP contribution in [0.15, 0.2) is 12.3 Å². The van der Waals surface area contributed by atoms with Crippen molar-refractivity contribution in [3.8, 4) is 0 Å². The first-order chi connectivity index (χ1) is 6.91. The number of nitrogens with zero attached hydrogens (tertiary/aromatic N) is 3. The molecule has 0 atom stereocenters. The summed E-state index contributed by atoms with van der Waals surface area (Å²) in [5, 5.41) is 5.88. The van der Waals surface area contributed by atoms with Crippen molar-refractivity contribution in [2.75, 3.05) is 0 Å². The van der Waals surface area contributed by atoms with Gasteiger partial charge >= 0.3 is 0 Å². The highest BCUT2D eigenvalue weighted by Crippen LogP contribution is 2.17. The van der Waals surface area contributed by atoms with Gasteiger partial charge in [-0.15, -0.1) is 5.10 Å². The van der Waals surface area contributed by atoms with Gasteiger partial charge in [0.25, 0.3) is 0 Å². The topological polar surface area (TPSA) is 30.7 Å². The van der Waals surface area contributed by atoms with Crippen molar-refractivity contribution in [2.45, 2.75) is 26.6 Å². The van der Waals surface area contributed by atoms with E-state index in [1.165, 1.54) is 5.19 Å². The average Bonchev–Trinajstić information content (AvgIpc) is 2.41. The molecule has 2 aromatic rings. The van der Waals surface area contributed by atoms with E-state index in [0.717, 1.165) is 11.1 Å². The van der Waals surface area contributed by atoms with Gasteiger partial charge in [-0.2, -0.15) is 0 Å². The zero-order valence-corrected chi connectivity index (χ0v) is 10.4. The maximum absolute atomic E-state index is 13.3. The molecule has 0 aliphatic heterocycles. The molecule has 0 bridgehead atoms. The van der Waals surface area contributed by atoms with Gasteiger partial charge in [-0.1, -0.05) is 29.0 Å². The van der Waals surface area contributed by atoms with Gasteiger partial charge in [-0.05, 0) is 18.2 Å². The fraction of sp³-hybridized carbons (Fsp3) is 0.400. The Hall–Kier alpha value is -1.23. The number of hydrogen-bond acceptors (Lipinski definition) is 2. The zero-order valence-electron chi connectivity index (χ0n) is 9.37. The second-order valence-corrected chi connectivity index (χ2v) is 9.79. The molecule has 0 aromatic carbocycles. The van der Waals surface area contributed by atoms with Crippen molar-refractivity contribution in [1.29, 1.82) is 0 Å². The van der Waals surface area contributed by atoms with Crippen LogP contribution in [0.2, 0.25) is 19.6 Å². The van der Waals surface area contributed by atoms with Crippen LogP contribution in [0.4, 0.5) is 4.48 Å². The van der Waals surface area contributed by atoms with Gasteiger partial charge in [-0.3, -0.25) is 0 Å². The molecule has 0 saturated carbocycles. The zero-order chi connectivity index (χ0) is 11.2. The lowest BCUT2D eigenvalue weighted by Gasteiger charge is -2.17. The molecule has 0 fully saturated rings. The molecular weight excluding hydrogens is 209 g/mol. The third kappa shape index (κ3) is 1.56. The normalized spacial score (nSPS) is 12.3. The molecule has 15 heavy (non-hydrogen) atoms. The lowest BCUT2D eigenvalue weighted by molar-refractivity contribution is 0.328. The third-order valence-electron chi connectivity index (χ3n) is 2.51. The van der Waals surface area contributed by atoms with Gasteiger partial charge in [0.15, 0.2) is 5.65 Å². The first-order valence-electron chi connectivity index (χ1n) is 4.92. The number of hydrogen-bond donors (Lipinski definition) is 0. The van der Waals surface area contributed by atoms with Crippen LogP contribution in [0.5, 0.6) is 0 Å². The SMILES string of the molecule is Cc1nn(F)c2nccc([Si](C)(C)C)c12. The van der Waals surface area contributed by atoms with Crippen LogP contribution in [0, 0.1) is 6.92 Å². The summed E-state index contributed by atoms with van der Waals surface area (Å²) in [5.74, 6) is 0. The largest absolute Gasteiger partial charge is 0.234 e. The van der Waals surface area contributed by atoms with E-state index in [9.17, 15) is 4.48 Å². The number of pyridine rings is 1. The van der Waals surface area contributed by atoms with Crippen LogP contribution in [-0.2, 0) is 0 Å². The summed E-state index contributed by atoms with van der Waals surface area (Å²) in [6.45, 7) is 8.52. The molecule has 5 heteroatoms. The Kier molecular flexibility index (Phi) is 2.15. The van der Waals surface area contributed by atoms with E-state index in [0.29, 0.717) is 10.6 Å². The van der Waals surface area contributed by atoms with Crippen molar-refractivity contribution in [3.05, 3.63) is 18.0 Å². The monoisotopic (exact) mass is 223 g/mol. The molecule has 0 aliphatic rings. The van der Waals surface area contributed by atoms with Crippen molar-refractivity contribution < 1.29 is 4.48 Å². The van der Waals surface area contributed by atoms with Crippen LogP contribution in [0.25, 0.3) is 11.0 Å². The van der Waals surface area contributed by atoms with E-state index in [-0.39, 0.29) is 0 Å². The van der Waals surface area contributed by atoms with Crippen molar-refractivity contribution >= 4 is 24.3 Å². The van der Waals surface area contributed by atoms with Crippen molar-refractivity contribution in [3.63, 3.8) is 0 Å². The minimum atomic E-state index is -1.48. The fourth-order valence-electron chi connectivity index (χ4n) is 1.80. The molecule has 80 valence electrons. The first-order valence-corrected chi connectivity index (χ1v) is 8.42. The molecule has 2 heterocycles. The number of rotatable bonds is 1. The Morgan fingerprint density at radius 1 is 1.33 bits per heavy atom. The summed E-state index contributed by atoms with van der Waals surface area (Å²) in [7, 11) is -1.48. The molecule has 0 saturated heterocycles. The Morgan fingerprint density at radius 3 is 2.60 bits per heavy atom. The molecular formula is C10H14FN3Si. The van der Waals surface area contributed by atoms with Gasteiger partial charge in [0.1, 0.15) is 0 Å². The van der Waals surface area contributed by atoms with E-state index in [1.807, 2.05) is 13.0 Å². The number of fused-ring (bicyclic) bond motifs is 1. The first kappa shape index (κ1) is 10.3. The summed E-state index contributed by atoms with van der Waals surface area (Å²) in [6.07, 6.45) is 1.66. The van der Waals surface area contributed by atoms with Crippen LogP contribution in [0.3, 0.4) is 0 Å². The average molecular weight is 223 g/mol. The molecule has 3 nitrogen and oxygen atoms in total. The molecule has 0 N–H and O–H groups in total. The lowest BCUT2D eigenvalue weighted by Crippen LogP contribution is -2.38. The molecule has 0 amide bonds. The summed E-state index contributed by atoms with van der Waals surface area (Å²) in [6, 6.07) is 1.99. The molecule has 0 unspecified atom stereocenters. The highest BCUT2D eigenvalue weighted by Gasteiger charge is 2.23. The Labute approximate surface area is 88.9 Å². The molecule has 2 rings (SSSR count). The molecule has 0 spiro atoms. The second kappa shape index (κ2) is 3.13. The maximum Gasteiger partial charge on any atom is 0.193 e. The van der Waals surface area contributed by atoms with E-state index < -0.39 is 8.07 Å². The van der Waals surface area contributed by atoms with Crippen LogP contribution in [0.1, 0.15) is 5.69 Å². The highest BCUT2D eigenvalue weighted by molar-refractivity contribution is 6.90. The number of aromatic nitrogens is 3. The Bertz CT molecular complexity index is 513. The standard InChI is InChI=1S/C10H14FN3Si/c1-7-9-8(15(2,3)4)5-6-12-10(9)14(11)13-7/h5-6H,1-4H3. The predicted octanol–water partition coefficient (Wildman–Crippen LogP) is 2.02. The number of halogens is 1.